The standard InChI is InChI=1S/C19H19FN2O2/c1-13(14-5-3-2-4-6-14)22-12-15(11-18(22)23)19(24)21-17-9-7-16(20)8-10-17/h2-10,13,15H,11-12H2,1H3,(H,21,24)/t13-,15+/m1/s1. The third-order valence-corrected chi connectivity index (χ3v) is 4.39. The average Bonchev–Trinajstić information content (AvgIpc) is 2.99. The van der Waals surface area contributed by atoms with Crippen molar-refractivity contribution < 1.29 is 14.0 Å². The lowest BCUT2D eigenvalue weighted by Gasteiger charge is -2.25. The lowest BCUT2D eigenvalue weighted by Crippen LogP contribution is -2.30. The van der Waals surface area contributed by atoms with Gasteiger partial charge in [-0.3, -0.25) is 9.59 Å². The fraction of sp³-hybridized carbons (Fsp3) is 0.263. The van der Waals surface area contributed by atoms with Crippen LogP contribution in [0.1, 0.15) is 24.9 Å². The molecule has 5 heteroatoms. The molecule has 0 bridgehead atoms. The Balaban J connectivity index is 1.65. The fourth-order valence-corrected chi connectivity index (χ4v) is 2.97. The molecule has 0 radical (unpaired) electrons. The molecule has 2 aromatic carbocycles. The third-order valence-electron chi connectivity index (χ3n) is 4.39. The van der Waals surface area contributed by atoms with Crippen molar-refractivity contribution in [2.24, 2.45) is 5.92 Å². The van der Waals surface area contributed by atoms with E-state index in [-0.39, 0.29) is 30.1 Å². The Labute approximate surface area is 140 Å². The molecular weight excluding hydrogens is 307 g/mol. The number of hydrogen-bond donors (Lipinski definition) is 1. The van der Waals surface area contributed by atoms with E-state index in [1.54, 1.807) is 4.90 Å². The molecule has 0 aromatic heterocycles. The van der Waals surface area contributed by atoms with Crippen molar-refractivity contribution in [3.63, 3.8) is 0 Å². The van der Waals surface area contributed by atoms with E-state index < -0.39 is 5.92 Å². The fourth-order valence-electron chi connectivity index (χ4n) is 2.97. The Morgan fingerprint density at radius 1 is 1.17 bits per heavy atom. The maximum atomic E-state index is 12.9. The number of rotatable bonds is 4. The number of hydrogen-bond acceptors (Lipinski definition) is 2. The molecule has 1 aliphatic rings. The maximum Gasteiger partial charge on any atom is 0.229 e. The molecular formula is C19H19FN2O2. The molecule has 124 valence electrons. The van der Waals surface area contributed by atoms with Crippen LogP contribution in [0.15, 0.2) is 54.6 Å². The van der Waals surface area contributed by atoms with Crippen molar-refractivity contribution in [1.82, 2.24) is 4.90 Å². The first kappa shape index (κ1) is 16.2. The summed E-state index contributed by atoms with van der Waals surface area (Å²) in [6.07, 6.45) is 0.199. The summed E-state index contributed by atoms with van der Waals surface area (Å²) in [4.78, 5) is 26.4. The Morgan fingerprint density at radius 2 is 1.83 bits per heavy atom. The zero-order valence-corrected chi connectivity index (χ0v) is 13.4. The van der Waals surface area contributed by atoms with Crippen molar-refractivity contribution in [3.8, 4) is 0 Å². The average molecular weight is 326 g/mol. The van der Waals surface area contributed by atoms with Gasteiger partial charge in [0.1, 0.15) is 5.82 Å². The Kier molecular flexibility index (Phi) is 4.60. The Hall–Kier alpha value is -2.69. The minimum Gasteiger partial charge on any atom is -0.335 e. The van der Waals surface area contributed by atoms with Crippen LogP contribution in [0.2, 0.25) is 0 Å². The largest absolute Gasteiger partial charge is 0.335 e. The number of anilines is 1. The van der Waals surface area contributed by atoms with Crippen LogP contribution in [-0.4, -0.2) is 23.3 Å². The number of nitrogens with zero attached hydrogens (tertiary/aromatic N) is 1. The van der Waals surface area contributed by atoms with Crippen LogP contribution in [0, 0.1) is 11.7 Å². The van der Waals surface area contributed by atoms with Gasteiger partial charge in [-0.25, -0.2) is 4.39 Å². The van der Waals surface area contributed by atoms with Gasteiger partial charge in [0, 0.05) is 18.7 Å². The monoisotopic (exact) mass is 326 g/mol. The number of carbonyl (C=O) groups excluding carboxylic acids is 2. The predicted molar refractivity (Wildman–Crippen MR) is 89.7 cm³/mol. The van der Waals surface area contributed by atoms with Gasteiger partial charge in [-0.1, -0.05) is 30.3 Å². The molecule has 0 aliphatic carbocycles. The van der Waals surface area contributed by atoms with Gasteiger partial charge in [0.2, 0.25) is 11.8 Å². The Bertz CT molecular complexity index is 731. The van der Waals surface area contributed by atoms with Crippen LogP contribution < -0.4 is 5.32 Å². The summed E-state index contributed by atoms with van der Waals surface area (Å²) in [5.74, 6) is -0.982. The summed E-state index contributed by atoms with van der Waals surface area (Å²) in [6.45, 7) is 2.36. The topological polar surface area (TPSA) is 49.4 Å². The van der Waals surface area contributed by atoms with Gasteiger partial charge in [-0.05, 0) is 36.8 Å². The van der Waals surface area contributed by atoms with Gasteiger partial charge in [0.05, 0.1) is 12.0 Å². The number of amides is 2. The molecule has 1 heterocycles. The van der Waals surface area contributed by atoms with Gasteiger partial charge in [-0.15, -0.1) is 0 Å². The van der Waals surface area contributed by atoms with Crippen molar-refractivity contribution >= 4 is 17.5 Å². The van der Waals surface area contributed by atoms with E-state index >= 15 is 0 Å². The number of likely N-dealkylation sites (tertiary alicyclic amines) is 1. The van der Waals surface area contributed by atoms with Crippen LogP contribution in [0.5, 0.6) is 0 Å². The molecule has 0 spiro atoms. The van der Waals surface area contributed by atoms with E-state index in [1.165, 1.54) is 24.3 Å². The van der Waals surface area contributed by atoms with Crippen LogP contribution >= 0.6 is 0 Å². The molecule has 1 aliphatic heterocycles. The van der Waals surface area contributed by atoms with Crippen LogP contribution in [-0.2, 0) is 9.59 Å². The van der Waals surface area contributed by atoms with Gasteiger partial charge in [0.15, 0.2) is 0 Å². The minimum atomic E-state index is -0.395. The molecule has 1 fully saturated rings. The highest BCUT2D eigenvalue weighted by molar-refractivity contribution is 5.97. The van der Waals surface area contributed by atoms with Crippen LogP contribution in [0.3, 0.4) is 0 Å². The van der Waals surface area contributed by atoms with Crippen LogP contribution in [0.25, 0.3) is 0 Å². The lowest BCUT2D eigenvalue weighted by atomic mass is 10.1. The van der Waals surface area contributed by atoms with Crippen LogP contribution in [0.4, 0.5) is 10.1 Å². The van der Waals surface area contributed by atoms with Gasteiger partial charge < -0.3 is 10.2 Å². The van der Waals surface area contributed by atoms with Crippen molar-refractivity contribution in [2.45, 2.75) is 19.4 Å². The van der Waals surface area contributed by atoms with E-state index in [0.29, 0.717) is 12.2 Å². The van der Waals surface area contributed by atoms with E-state index in [4.69, 9.17) is 0 Å². The van der Waals surface area contributed by atoms with E-state index in [9.17, 15) is 14.0 Å². The second-order valence-electron chi connectivity index (χ2n) is 6.03. The van der Waals surface area contributed by atoms with E-state index in [1.807, 2.05) is 37.3 Å². The SMILES string of the molecule is C[C@H](c1ccccc1)N1C[C@@H](C(=O)Nc2ccc(F)cc2)CC1=O. The van der Waals surface area contributed by atoms with Crippen molar-refractivity contribution in [3.05, 3.63) is 66.0 Å². The molecule has 0 unspecified atom stereocenters. The zero-order valence-electron chi connectivity index (χ0n) is 13.4. The third kappa shape index (κ3) is 3.45. The Morgan fingerprint density at radius 3 is 2.50 bits per heavy atom. The summed E-state index contributed by atoms with van der Waals surface area (Å²) in [7, 11) is 0. The molecule has 2 aromatic rings. The molecule has 1 N–H and O–H groups in total. The summed E-state index contributed by atoms with van der Waals surface area (Å²) in [6, 6.07) is 15.3. The van der Waals surface area contributed by atoms with Gasteiger partial charge in [0.25, 0.3) is 0 Å². The minimum absolute atomic E-state index is 0.0226. The molecule has 24 heavy (non-hydrogen) atoms. The lowest BCUT2D eigenvalue weighted by molar-refractivity contribution is -0.129. The quantitative estimate of drug-likeness (QED) is 0.936. The highest BCUT2D eigenvalue weighted by Gasteiger charge is 2.36. The molecule has 1 saturated heterocycles. The normalized spacial score (nSPS) is 18.5. The first-order valence-electron chi connectivity index (χ1n) is 7.95. The second-order valence-corrected chi connectivity index (χ2v) is 6.03. The van der Waals surface area contributed by atoms with Gasteiger partial charge in [-0.2, -0.15) is 0 Å². The highest BCUT2D eigenvalue weighted by atomic mass is 19.1. The smallest absolute Gasteiger partial charge is 0.229 e. The first-order chi connectivity index (χ1) is 11.5. The summed E-state index contributed by atoms with van der Waals surface area (Å²) < 4.78 is 12.9. The number of halogens is 1. The first-order valence-corrected chi connectivity index (χ1v) is 7.95. The second kappa shape index (κ2) is 6.83. The number of nitrogens with one attached hydrogen (secondary N) is 1. The molecule has 2 atom stereocenters. The summed E-state index contributed by atoms with van der Waals surface area (Å²) >= 11 is 0. The molecule has 4 nitrogen and oxygen atoms in total. The van der Waals surface area contributed by atoms with Gasteiger partial charge >= 0.3 is 0 Å². The zero-order chi connectivity index (χ0) is 17.1. The van der Waals surface area contributed by atoms with E-state index in [2.05, 4.69) is 5.32 Å². The van der Waals surface area contributed by atoms with E-state index in [0.717, 1.165) is 5.56 Å². The maximum absolute atomic E-state index is 12.9. The van der Waals surface area contributed by atoms with Crippen molar-refractivity contribution in [1.29, 1.82) is 0 Å². The van der Waals surface area contributed by atoms with Crippen molar-refractivity contribution in [2.75, 3.05) is 11.9 Å². The predicted octanol–water partition coefficient (Wildman–Crippen LogP) is 3.37. The molecule has 3 rings (SSSR count). The summed E-state index contributed by atoms with van der Waals surface area (Å²) in [5, 5.41) is 2.75. The number of benzene rings is 2. The molecule has 0 saturated carbocycles. The summed E-state index contributed by atoms with van der Waals surface area (Å²) in [5.41, 5.74) is 1.58. The highest BCUT2D eigenvalue weighted by Crippen LogP contribution is 2.29. The number of carbonyl (C=O) groups is 2. The molecule has 2 amide bonds.